The first-order valence-corrected chi connectivity index (χ1v) is 13.9. The zero-order chi connectivity index (χ0) is 26.6. The first-order chi connectivity index (χ1) is 17.6. The molecule has 37 heavy (non-hydrogen) atoms. The van der Waals surface area contributed by atoms with Crippen molar-refractivity contribution in [1.29, 1.82) is 0 Å². The summed E-state index contributed by atoms with van der Waals surface area (Å²) in [6.07, 6.45) is 0.156. The molecule has 0 spiro atoms. The Morgan fingerprint density at radius 2 is 1.70 bits per heavy atom. The Morgan fingerprint density at radius 3 is 2.38 bits per heavy atom. The second kappa shape index (κ2) is 12.0. The zero-order valence-corrected chi connectivity index (χ0v) is 24.0. The predicted molar refractivity (Wildman–Crippen MR) is 151 cm³/mol. The van der Waals surface area contributed by atoms with E-state index in [9.17, 15) is 4.79 Å². The first-order valence-electron chi connectivity index (χ1n) is 13.1. The largest absolute Gasteiger partial charge is 0.528 e. The smallest absolute Gasteiger partial charge is 0.427 e. The number of fused-ring (bicyclic) bond motifs is 1. The van der Waals surface area contributed by atoms with Crippen LogP contribution in [-0.2, 0) is 20.9 Å². The van der Waals surface area contributed by atoms with Crippen LogP contribution in [-0.4, -0.2) is 36.0 Å². The molecule has 198 valence electrons. The molecule has 4 rings (SSSR count). The van der Waals surface area contributed by atoms with Crippen LogP contribution in [0.5, 0.6) is 0 Å². The van der Waals surface area contributed by atoms with E-state index in [4.69, 9.17) is 14.3 Å². The molecule has 1 fully saturated rings. The second-order valence-corrected chi connectivity index (χ2v) is 12.3. The van der Waals surface area contributed by atoms with Crippen molar-refractivity contribution in [2.75, 3.05) is 13.1 Å². The molecule has 0 aliphatic carbocycles. The van der Waals surface area contributed by atoms with Gasteiger partial charge in [0.25, 0.3) is 0 Å². The molecule has 1 aliphatic heterocycles. The van der Waals surface area contributed by atoms with Crippen LogP contribution in [0, 0.1) is 11.8 Å². The number of hydrogen-bond donors (Lipinski definition) is 0. The van der Waals surface area contributed by atoms with Gasteiger partial charge in [0.1, 0.15) is 5.60 Å². The molecule has 6 heteroatoms. The summed E-state index contributed by atoms with van der Waals surface area (Å²) in [7, 11) is 0. The van der Waals surface area contributed by atoms with Gasteiger partial charge in [0.05, 0.1) is 19.3 Å². The Hall–Kier alpha value is -2.41. The minimum atomic E-state index is -0.675. The van der Waals surface area contributed by atoms with Crippen molar-refractivity contribution in [2.45, 2.75) is 65.3 Å². The normalized spacial score (nSPS) is 20.8. The van der Waals surface area contributed by atoms with Gasteiger partial charge in [-0.15, -0.1) is 5.06 Å². The highest BCUT2D eigenvalue weighted by Gasteiger charge is 2.40. The van der Waals surface area contributed by atoms with Crippen molar-refractivity contribution >= 4 is 32.9 Å². The van der Waals surface area contributed by atoms with Crippen LogP contribution in [0.1, 0.15) is 58.1 Å². The lowest BCUT2D eigenvalue weighted by Gasteiger charge is -2.43. The lowest BCUT2D eigenvalue weighted by molar-refractivity contribution is -0.192. The highest BCUT2D eigenvalue weighted by atomic mass is 79.9. The lowest BCUT2D eigenvalue weighted by Crippen LogP contribution is -2.50. The Bertz CT molecular complexity index is 1190. The first kappa shape index (κ1) is 27.6. The van der Waals surface area contributed by atoms with E-state index in [1.165, 1.54) is 16.3 Å². The van der Waals surface area contributed by atoms with Crippen molar-refractivity contribution < 1.29 is 19.1 Å². The fourth-order valence-electron chi connectivity index (χ4n) is 5.20. The van der Waals surface area contributed by atoms with Crippen molar-refractivity contribution in [1.82, 2.24) is 5.06 Å². The van der Waals surface area contributed by atoms with Gasteiger partial charge in [-0.1, -0.05) is 78.3 Å². The van der Waals surface area contributed by atoms with Gasteiger partial charge in [0.2, 0.25) is 0 Å². The number of halogens is 1. The molecule has 0 aromatic heterocycles. The number of carbonyl (C=O) groups excluding carboxylic acids is 1. The summed E-state index contributed by atoms with van der Waals surface area (Å²) in [4.78, 5) is 18.2. The van der Waals surface area contributed by atoms with Crippen LogP contribution in [0.3, 0.4) is 0 Å². The molecule has 0 bridgehead atoms. The second-order valence-electron chi connectivity index (χ2n) is 11.4. The topological polar surface area (TPSA) is 48.0 Å². The molecule has 1 saturated heterocycles. The average Bonchev–Trinajstić information content (AvgIpc) is 2.81. The lowest BCUT2D eigenvalue weighted by atomic mass is 9.75. The van der Waals surface area contributed by atoms with E-state index >= 15 is 0 Å². The zero-order valence-electron chi connectivity index (χ0n) is 22.4. The summed E-state index contributed by atoms with van der Waals surface area (Å²) >= 11 is 3.57. The summed E-state index contributed by atoms with van der Waals surface area (Å²) in [5.41, 5.74) is 1.75. The molecule has 1 aliphatic rings. The quantitative estimate of drug-likeness (QED) is 0.270. The number of nitrogens with zero attached hydrogens (tertiary/aromatic N) is 1. The molecule has 3 atom stereocenters. The molecule has 1 heterocycles. The van der Waals surface area contributed by atoms with Gasteiger partial charge < -0.3 is 14.3 Å². The maximum absolute atomic E-state index is 12.5. The van der Waals surface area contributed by atoms with Gasteiger partial charge in [-0.05, 0) is 79.1 Å². The van der Waals surface area contributed by atoms with Crippen molar-refractivity contribution in [2.24, 2.45) is 11.8 Å². The maximum Gasteiger partial charge on any atom is 0.528 e. The highest BCUT2D eigenvalue weighted by molar-refractivity contribution is 9.10. The molecular weight excluding hydrogens is 530 g/mol. The number of ether oxygens (including phenoxy) is 2. The van der Waals surface area contributed by atoms with Crippen molar-refractivity contribution in [3.05, 3.63) is 82.3 Å². The van der Waals surface area contributed by atoms with Gasteiger partial charge in [-0.3, -0.25) is 0 Å². The Morgan fingerprint density at radius 1 is 1.00 bits per heavy atom. The summed E-state index contributed by atoms with van der Waals surface area (Å²) in [5.74, 6) is 0.916. The summed E-state index contributed by atoms with van der Waals surface area (Å²) in [6, 6.07) is 23.3. The fourth-order valence-corrected chi connectivity index (χ4v) is 5.47. The van der Waals surface area contributed by atoms with E-state index in [1.807, 2.05) is 20.8 Å². The third-order valence-corrected chi connectivity index (χ3v) is 7.16. The van der Waals surface area contributed by atoms with Gasteiger partial charge in [0.15, 0.2) is 0 Å². The predicted octanol–water partition coefficient (Wildman–Crippen LogP) is 8.12. The number of carbonyl (C=O) groups is 1. The van der Waals surface area contributed by atoms with Crippen LogP contribution in [0.4, 0.5) is 4.79 Å². The number of rotatable bonds is 7. The Labute approximate surface area is 229 Å². The number of hydrogen-bond acceptors (Lipinski definition) is 5. The van der Waals surface area contributed by atoms with Crippen molar-refractivity contribution in [3.8, 4) is 0 Å². The Balaban J connectivity index is 1.59. The van der Waals surface area contributed by atoms with E-state index in [2.05, 4.69) is 96.5 Å². The van der Waals surface area contributed by atoms with Crippen LogP contribution in [0.25, 0.3) is 10.8 Å². The van der Waals surface area contributed by atoms with Gasteiger partial charge >= 0.3 is 6.16 Å². The Kier molecular flexibility index (Phi) is 8.94. The van der Waals surface area contributed by atoms with Gasteiger partial charge in [-0.25, -0.2) is 4.79 Å². The van der Waals surface area contributed by atoms with Crippen molar-refractivity contribution in [3.63, 3.8) is 0 Å². The van der Waals surface area contributed by atoms with E-state index in [0.717, 1.165) is 16.5 Å². The number of benzene rings is 3. The molecule has 0 N–H and O–H groups in total. The molecule has 3 aromatic rings. The monoisotopic (exact) mass is 567 g/mol. The molecule has 3 unspecified atom stereocenters. The van der Waals surface area contributed by atoms with E-state index in [1.54, 1.807) is 5.06 Å². The number of hydroxylamine groups is 2. The van der Waals surface area contributed by atoms with Gasteiger partial charge in [-0.2, -0.15) is 0 Å². The molecule has 0 radical (unpaired) electrons. The molecular formula is C31H38BrNO4. The summed E-state index contributed by atoms with van der Waals surface area (Å²) < 4.78 is 13.1. The summed E-state index contributed by atoms with van der Waals surface area (Å²) in [6.45, 7) is 11.6. The third kappa shape index (κ3) is 7.79. The minimum absolute atomic E-state index is 0.160. The van der Waals surface area contributed by atoms with Crippen LogP contribution >= 0.6 is 15.9 Å². The third-order valence-electron chi connectivity index (χ3n) is 6.63. The SMILES string of the molecule is CC(C)CC1CN(OC(=O)OC(C)(C)C)CC(OCc2ccc3ccccc3c2)C1c1ccc(Br)cc1. The van der Waals surface area contributed by atoms with Crippen LogP contribution in [0.2, 0.25) is 0 Å². The van der Waals surface area contributed by atoms with E-state index in [0.29, 0.717) is 25.6 Å². The molecule has 0 amide bonds. The van der Waals surface area contributed by atoms with E-state index < -0.39 is 11.8 Å². The van der Waals surface area contributed by atoms with E-state index in [-0.39, 0.29) is 17.9 Å². The van der Waals surface area contributed by atoms with Crippen LogP contribution in [0.15, 0.2) is 71.2 Å². The highest BCUT2D eigenvalue weighted by Crippen LogP contribution is 2.39. The summed E-state index contributed by atoms with van der Waals surface area (Å²) in [5, 5.41) is 4.15. The molecule has 3 aromatic carbocycles. The van der Waals surface area contributed by atoms with Crippen LogP contribution < -0.4 is 0 Å². The fraction of sp³-hybridized carbons (Fsp3) is 0.452. The molecule has 5 nitrogen and oxygen atoms in total. The maximum atomic E-state index is 12.5. The number of piperidine rings is 1. The molecule has 0 saturated carbocycles. The van der Waals surface area contributed by atoms with Gasteiger partial charge in [0, 0.05) is 16.9 Å². The average molecular weight is 569 g/mol. The minimum Gasteiger partial charge on any atom is -0.427 e. The standard InChI is InChI=1S/C31H38BrNO4/c1-21(2)16-26-18-33(37-30(34)36-31(3,4)5)19-28(29(26)24-12-14-27(32)15-13-24)35-20-22-10-11-23-8-6-7-9-25(23)17-22/h6-15,17,21,26,28-29H,16,18-20H2,1-5H3.